The first-order chi connectivity index (χ1) is 8.13. The van der Waals surface area contributed by atoms with Gasteiger partial charge >= 0.3 is 0 Å². The number of nitrogens with zero attached hydrogens (tertiary/aromatic N) is 1. The molecule has 1 rings (SSSR count). The highest BCUT2D eigenvalue weighted by Gasteiger charge is 2.17. The molecule has 2 atom stereocenters. The number of hydrogen-bond acceptors (Lipinski definition) is 3. The molecule has 0 aromatic heterocycles. The van der Waals surface area contributed by atoms with E-state index in [1.54, 1.807) is 7.11 Å². The molecular weight excluding hydrogens is 236 g/mol. The van der Waals surface area contributed by atoms with E-state index in [-0.39, 0.29) is 6.04 Å². The molecule has 5 heteroatoms. The molecule has 0 spiro atoms. The van der Waals surface area contributed by atoms with Crippen molar-refractivity contribution < 1.29 is 9.47 Å². The van der Waals surface area contributed by atoms with E-state index in [1.807, 2.05) is 7.05 Å². The summed E-state index contributed by atoms with van der Waals surface area (Å²) in [5.41, 5.74) is 0. The summed E-state index contributed by atoms with van der Waals surface area (Å²) in [7, 11) is 3.70. The van der Waals surface area contributed by atoms with E-state index in [4.69, 9.17) is 21.7 Å². The van der Waals surface area contributed by atoms with Gasteiger partial charge in [0.25, 0.3) is 0 Å². The fraction of sp³-hybridized carbons (Fsp3) is 0.917. The predicted octanol–water partition coefficient (Wildman–Crippen LogP) is 1.40. The van der Waals surface area contributed by atoms with Crippen LogP contribution in [0.5, 0.6) is 0 Å². The summed E-state index contributed by atoms with van der Waals surface area (Å²) in [4.78, 5) is 2.05. The van der Waals surface area contributed by atoms with Gasteiger partial charge in [-0.15, -0.1) is 0 Å². The van der Waals surface area contributed by atoms with Crippen LogP contribution >= 0.6 is 12.2 Å². The van der Waals surface area contributed by atoms with Gasteiger partial charge in [0, 0.05) is 33.4 Å². The summed E-state index contributed by atoms with van der Waals surface area (Å²) >= 11 is 5.34. The number of rotatable bonds is 5. The molecule has 0 saturated carbocycles. The molecule has 1 saturated heterocycles. The Hall–Kier alpha value is -0.390. The average Bonchev–Trinajstić information content (AvgIpc) is 2.30. The minimum atomic E-state index is 0.238. The highest BCUT2D eigenvalue weighted by molar-refractivity contribution is 7.80. The summed E-state index contributed by atoms with van der Waals surface area (Å²) < 4.78 is 10.8. The van der Waals surface area contributed by atoms with E-state index in [0.29, 0.717) is 12.7 Å². The van der Waals surface area contributed by atoms with Gasteiger partial charge in [-0.05, 0) is 38.4 Å². The van der Waals surface area contributed by atoms with Gasteiger partial charge in [-0.25, -0.2) is 0 Å². The summed E-state index contributed by atoms with van der Waals surface area (Å²) in [6, 6.07) is 0.238. The van der Waals surface area contributed by atoms with Crippen LogP contribution in [0, 0.1) is 0 Å². The Morgan fingerprint density at radius 1 is 1.59 bits per heavy atom. The standard InChI is InChI=1S/C12H24N2O2S/c1-10(9-15-3)13-12(17)14(2)8-11-6-4-5-7-16-11/h10-11H,4-9H2,1-3H3,(H,13,17). The van der Waals surface area contributed by atoms with Gasteiger partial charge in [0.15, 0.2) is 5.11 Å². The zero-order valence-corrected chi connectivity index (χ0v) is 11.9. The monoisotopic (exact) mass is 260 g/mol. The Balaban J connectivity index is 2.25. The Morgan fingerprint density at radius 3 is 2.94 bits per heavy atom. The molecule has 1 N–H and O–H groups in total. The summed E-state index contributed by atoms with van der Waals surface area (Å²) in [6.45, 7) is 4.47. The SMILES string of the molecule is COCC(C)NC(=S)N(C)CC1CCCCO1. The largest absolute Gasteiger partial charge is 0.383 e. The molecular formula is C12H24N2O2S. The predicted molar refractivity (Wildman–Crippen MR) is 73.3 cm³/mol. The fourth-order valence-electron chi connectivity index (χ4n) is 1.95. The van der Waals surface area contributed by atoms with Gasteiger partial charge in [0.1, 0.15) is 0 Å². The van der Waals surface area contributed by atoms with Crippen molar-refractivity contribution in [1.29, 1.82) is 0 Å². The quantitative estimate of drug-likeness (QED) is 0.756. The molecule has 1 fully saturated rings. The van der Waals surface area contributed by atoms with Gasteiger partial charge in [-0.3, -0.25) is 0 Å². The molecule has 0 amide bonds. The van der Waals surface area contributed by atoms with Crippen molar-refractivity contribution >= 4 is 17.3 Å². The van der Waals surface area contributed by atoms with Crippen molar-refractivity contribution in [2.24, 2.45) is 0 Å². The van der Waals surface area contributed by atoms with Crippen molar-refractivity contribution in [2.45, 2.75) is 38.3 Å². The van der Waals surface area contributed by atoms with Crippen LogP contribution in [0.2, 0.25) is 0 Å². The first-order valence-electron chi connectivity index (χ1n) is 6.25. The van der Waals surface area contributed by atoms with Crippen LogP contribution < -0.4 is 5.32 Å². The third kappa shape index (κ3) is 5.66. The van der Waals surface area contributed by atoms with E-state index < -0.39 is 0 Å². The zero-order chi connectivity index (χ0) is 12.7. The van der Waals surface area contributed by atoms with Crippen LogP contribution in [0.3, 0.4) is 0 Å². The molecule has 100 valence electrons. The molecule has 0 bridgehead atoms. The third-order valence-electron chi connectivity index (χ3n) is 2.88. The molecule has 0 aliphatic carbocycles. The van der Waals surface area contributed by atoms with E-state index in [2.05, 4.69) is 17.1 Å². The number of thiocarbonyl (C=S) groups is 1. The van der Waals surface area contributed by atoms with Crippen molar-refractivity contribution in [2.75, 3.05) is 33.9 Å². The van der Waals surface area contributed by atoms with Crippen molar-refractivity contribution in [3.05, 3.63) is 0 Å². The second kappa shape index (κ2) is 7.84. The maximum atomic E-state index is 5.70. The lowest BCUT2D eigenvalue weighted by atomic mass is 10.1. The van der Waals surface area contributed by atoms with E-state index >= 15 is 0 Å². The molecule has 1 aliphatic rings. The van der Waals surface area contributed by atoms with Crippen molar-refractivity contribution in [1.82, 2.24) is 10.2 Å². The first-order valence-corrected chi connectivity index (χ1v) is 6.66. The highest BCUT2D eigenvalue weighted by atomic mass is 32.1. The van der Waals surface area contributed by atoms with Gasteiger partial charge < -0.3 is 19.7 Å². The molecule has 0 aromatic carbocycles. The first kappa shape index (κ1) is 14.7. The third-order valence-corrected chi connectivity index (χ3v) is 3.31. The maximum Gasteiger partial charge on any atom is 0.169 e. The number of nitrogens with one attached hydrogen (secondary N) is 1. The lowest BCUT2D eigenvalue weighted by molar-refractivity contribution is 0.00696. The molecule has 1 aliphatic heterocycles. The Labute approximate surface area is 110 Å². The van der Waals surface area contributed by atoms with E-state index in [1.165, 1.54) is 12.8 Å². The normalized spacial score (nSPS) is 21.9. The van der Waals surface area contributed by atoms with Gasteiger partial charge in [-0.2, -0.15) is 0 Å². The maximum absolute atomic E-state index is 5.70. The van der Waals surface area contributed by atoms with Crippen LogP contribution in [0.15, 0.2) is 0 Å². The molecule has 0 radical (unpaired) electrons. The second-order valence-electron chi connectivity index (χ2n) is 4.67. The number of hydrogen-bond donors (Lipinski definition) is 1. The zero-order valence-electron chi connectivity index (χ0n) is 11.1. The van der Waals surface area contributed by atoms with Gasteiger partial charge in [0.2, 0.25) is 0 Å². The molecule has 17 heavy (non-hydrogen) atoms. The minimum absolute atomic E-state index is 0.238. The summed E-state index contributed by atoms with van der Waals surface area (Å²) in [5.74, 6) is 0. The lowest BCUT2D eigenvalue weighted by Gasteiger charge is -2.30. The van der Waals surface area contributed by atoms with Crippen LogP contribution in [-0.2, 0) is 9.47 Å². The van der Waals surface area contributed by atoms with Crippen LogP contribution in [0.4, 0.5) is 0 Å². The smallest absolute Gasteiger partial charge is 0.169 e. The Bertz CT molecular complexity index is 233. The average molecular weight is 260 g/mol. The molecule has 2 unspecified atom stereocenters. The fourth-order valence-corrected chi connectivity index (χ4v) is 2.23. The van der Waals surface area contributed by atoms with Crippen molar-refractivity contribution in [3.8, 4) is 0 Å². The van der Waals surface area contributed by atoms with Crippen LogP contribution in [-0.4, -0.2) is 56.1 Å². The topological polar surface area (TPSA) is 33.7 Å². The van der Waals surface area contributed by atoms with Gasteiger partial charge in [-0.1, -0.05) is 0 Å². The van der Waals surface area contributed by atoms with Crippen LogP contribution in [0.1, 0.15) is 26.2 Å². The molecule has 1 heterocycles. The van der Waals surface area contributed by atoms with Crippen LogP contribution in [0.25, 0.3) is 0 Å². The highest BCUT2D eigenvalue weighted by Crippen LogP contribution is 2.13. The van der Waals surface area contributed by atoms with E-state index in [9.17, 15) is 0 Å². The summed E-state index contributed by atoms with van der Waals surface area (Å²) in [5, 5.41) is 4.01. The number of methoxy groups -OCH3 is 1. The second-order valence-corrected chi connectivity index (χ2v) is 5.06. The molecule has 4 nitrogen and oxygen atoms in total. The Kier molecular flexibility index (Phi) is 6.77. The molecule has 0 aromatic rings. The lowest BCUT2D eigenvalue weighted by Crippen LogP contribution is -2.46. The number of likely N-dealkylation sites (N-methyl/N-ethyl adjacent to an activating group) is 1. The summed E-state index contributed by atoms with van der Waals surface area (Å²) in [6.07, 6.45) is 3.92. The van der Waals surface area contributed by atoms with Crippen molar-refractivity contribution in [3.63, 3.8) is 0 Å². The minimum Gasteiger partial charge on any atom is -0.383 e. The van der Waals surface area contributed by atoms with E-state index in [0.717, 1.165) is 24.7 Å². The Morgan fingerprint density at radius 2 is 2.35 bits per heavy atom. The van der Waals surface area contributed by atoms with Gasteiger partial charge in [0.05, 0.1) is 12.7 Å². The number of ether oxygens (including phenoxy) is 2.